The number of thiazole rings is 1. The van der Waals surface area contributed by atoms with Crippen LogP contribution in [0.1, 0.15) is 23.3 Å². The standard InChI is InChI=1S/C21H19N3O3S/c1-27-18-10-9-15(12-17(18)24-11-5-8-19(24)25)22-20(26)16-13-28-21(23-16)14-6-3-2-4-7-14/h2-4,6-7,9-10,12-13H,5,8,11H2,1H3,(H,22,26). The van der Waals surface area contributed by atoms with Crippen LogP contribution in [0.25, 0.3) is 10.6 Å². The Bertz CT molecular complexity index is 1020. The summed E-state index contributed by atoms with van der Waals surface area (Å²) in [5.41, 5.74) is 2.60. The molecule has 4 rings (SSSR count). The van der Waals surface area contributed by atoms with Crippen LogP contribution in [0.15, 0.2) is 53.9 Å². The lowest BCUT2D eigenvalue weighted by molar-refractivity contribution is -0.117. The van der Waals surface area contributed by atoms with E-state index in [0.717, 1.165) is 17.0 Å². The summed E-state index contributed by atoms with van der Waals surface area (Å²) in [5, 5.41) is 5.40. The van der Waals surface area contributed by atoms with Gasteiger partial charge in [-0.05, 0) is 24.6 Å². The van der Waals surface area contributed by atoms with Gasteiger partial charge in [-0.2, -0.15) is 0 Å². The number of benzene rings is 2. The maximum absolute atomic E-state index is 12.6. The van der Waals surface area contributed by atoms with Crippen molar-refractivity contribution in [1.82, 2.24) is 4.98 Å². The Hall–Kier alpha value is -3.19. The fourth-order valence-electron chi connectivity index (χ4n) is 3.17. The number of nitrogens with zero attached hydrogens (tertiary/aromatic N) is 2. The summed E-state index contributed by atoms with van der Waals surface area (Å²) in [4.78, 5) is 30.9. The van der Waals surface area contributed by atoms with Crippen LogP contribution < -0.4 is 15.0 Å². The smallest absolute Gasteiger partial charge is 0.275 e. The van der Waals surface area contributed by atoms with Gasteiger partial charge in [0.1, 0.15) is 16.5 Å². The zero-order valence-electron chi connectivity index (χ0n) is 15.3. The number of aromatic nitrogens is 1. The number of anilines is 2. The summed E-state index contributed by atoms with van der Waals surface area (Å²) in [7, 11) is 1.57. The van der Waals surface area contributed by atoms with Crippen molar-refractivity contribution in [2.75, 3.05) is 23.9 Å². The maximum Gasteiger partial charge on any atom is 0.275 e. The molecule has 1 aliphatic heterocycles. The van der Waals surface area contributed by atoms with Crippen LogP contribution in [-0.4, -0.2) is 30.5 Å². The molecule has 1 aliphatic rings. The number of carbonyl (C=O) groups is 2. The fourth-order valence-corrected chi connectivity index (χ4v) is 3.97. The molecular weight excluding hydrogens is 374 g/mol. The molecule has 2 amide bonds. The Morgan fingerprint density at radius 1 is 1.21 bits per heavy atom. The summed E-state index contributed by atoms with van der Waals surface area (Å²) in [6.45, 7) is 0.652. The van der Waals surface area contributed by atoms with Crippen molar-refractivity contribution in [2.24, 2.45) is 0 Å². The van der Waals surface area contributed by atoms with E-state index in [9.17, 15) is 9.59 Å². The second-order valence-corrected chi connectivity index (χ2v) is 7.25. The Morgan fingerprint density at radius 3 is 2.75 bits per heavy atom. The largest absolute Gasteiger partial charge is 0.495 e. The Kier molecular flexibility index (Phi) is 5.08. The molecule has 6 nitrogen and oxygen atoms in total. The number of hydrogen-bond acceptors (Lipinski definition) is 5. The molecule has 1 aromatic heterocycles. The van der Waals surface area contributed by atoms with Gasteiger partial charge < -0.3 is 15.0 Å². The molecule has 1 saturated heterocycles. The molecule has 0 radical (unpaired) electrons. The summed E-state index contributed by atoms with van der Waals surface area (Å²) in [6, 6.07) is 15.0. The number of nitrogens with one attached hydrogen (secondary N) is 1. The minimum Gasteiger partial charge on any atom is -0.495 e. The monoisotopic (exact) mass is 393 g/mol. The van der Waals surface area contributed by atoms with Crippen LogP contribution in [0.3, 0.4) is 0 Å². The van der Waals surface area contributed by atoms with Crippen molar-refractivity contribution < 1.29 is 14.3 Å². The molecular formula is C21H19N3O3S. The molecule has 0 bridgehead atoms. The van der Waals surface area contributed by atoms with Crippen molar-refractivity contribution in [3.05, 3.63) is 59.6 Å². The number of rotatable bonds is 5. The first-order chi connectivity index (χ1) is 13.7. The number of ether oxygens (including phenoxy) is 1. The molecule has 2 heterocycles. The van der Waals surface area contributed by atoms with Gasteiger partial charge in [0.05, 0.1) is 12.8 Å². The van der Waals surface area contributed by atoms with Gasteiger partial charge in [0.25, 0.3) is 5.91 Å². The average molecular weight is 393 g/mol. The first kappa shape index (κ1) is 18.2. The van der Waals surface area contributed by atoms with E-state index in [4.69, 9.17) is 4.74 Å². The highest BCUT2D eigenvalue weighted by molar-refractivity contribution is 7.13. The normalized spacial score (nSPS) is 13.6. The Balaban J connectivity index is 1.55. The van der Waals surface area contributed by atoms with Crippen molar-refractivity contribution in [2.45, 2.75) is 12.8 Å². The van der Waals surface area contributed by atoms with Crippen LogP contribution in [0.2, 0.25) is 0 Å². The van der Waals surface area contributed by atoms with Crippen molar-refractivity contribution >= 4 is 34.5 Å². The highest BCUT2D eigenvalue weighted by Gasteiger charge is 2.25. The zero-order chi connectivity index (χ0) is 19.5. The van der Waals surface area contributed by atoms with E-state index in [2.05, 4.69) is 10.3 Å². The van der Waals surface area contributed by atoms with Crippen molar-refractivity contribution in [3.8, 4) is 16.3 Å². The van der Waals surface area contributed by atoms with E-state index in [0.29, 0.717) is 35.8 Å². The van der Waals surface area contributed by atoms with Crippen LogP contribution in [-0.2, 0) is 4.79 Å². The molecule has 3 aromatic rings. The van der Waals surface area contributed by atoms with Crippen LogP contribution in [0.4, 0.5) is 11.4 Å². The van der Waals surface area contributed by atoms with E-state index in [1.807, 2.05) is 30.3 Å². The lowest BCUT2D eigenvalue weighted by Crippen LogP contribution is -2.24. The van der Waals surface area contributed by atoms with Gasteiger partial charge in [0, 0.05) is 29.6 Å². The quantitative estimate of drug-likeness (QED) is 0.705. The third kappa shape index (κ3) is 3.61. The Labute approximate surface area is 166 Å². The van der Waals surface area contributed by atoms with Crippen LogP contribution in [0, 0.1) is 0 Å². The predicted octanol–water partition coefficient (Wildman–Crippen LogP) is 4.20. The third-order valence-electron chi connectivity index (χ3n) is 4.56. The average Bonchev–Trinajstić information content (AvgIpc) is 3.38. The number of amides is 2. The van der Waals surface area contributed by atoms with Crippen LogP contribution in [0.5, 0.6) is 5.75 Å². The molecule has 1 fully saturated rings. The summed E-state index contributed by atoms with van der Waals surface area (Å²) in [6.07, 6.45) is 1.35. The molecule has 0 unspecified atom stereocenters. The van der Waals surface area contributed by atoms with Gasteiger partial charge in [-0.25, -0.2) is 4.98 Å². The van der Waals surface area contributed by atoms with Gasteiger partial charge in [-0.1, -0.05) is 30.3 Å². The Morgan fingerprint density at radius 2 is 2.04 bits per heavy atom. The van der Waals surface area contributed by atoms with Gasteiger partial charge in [0.15, 0.2) is 0 Å². The fraction of sp³-hybridized carbons (Fsp3) is 0.190. The van der Waals surface area contributed by atoms with E-state index in [1.54, 1.807) is 35.6 Å². The summed E-state index contributed by atoms with van der Waals surface area (Å²) < 4.78 is 5.39. The van der Waals surface area contributed by atoms with Crippen LogP contribution >= 0.6 is 11.3 Å². The SMILES string of the molecule is COc1ccc(NC(=O)c2csc(-c3ccccc3)n2)cc1N1CCCC1=O. The highest BCUT2D eigenvalue weighted by atomic mass is 32.1. The molecule has 28 heavy (non-hydrogen) atoms. The second kappa shape index (κ2) is 7.82. The van der Waals surface area contributed by atoms with Gasteiger partial charge in [-0.15, -0.1) is 11.3 Å². The number of methoxy groups -OCH3 is 1. The molecule has 1 N–H and O–H groups in total. The molecule has 0 aliphatic carbocycles. The maximum atomic E-state index is 12.6. The number of carbonyl (C=O) groups excluding carboxylic acids is 2. The van der Waals surface area contributed by atoms with Gasteiger partial charge >= 0.3 is 0 Å². The molecule has 2 aromatic carbocycles. The minimum atomic E-state index is -0.290. The molecule has 0 spiro atoms. The van der Waals surface area contributed by atoms with E-state index >= 15 is 0 Å². The van der Waals surface area contributed by atoms with E-state index in [-0.39, 0.29) is 11.8 Å². The predicted molar refractivity (Wildman–Crippen MR) is 110 cm³/mol. The van der Waals surface area contributed by atoms with Gasteiger partial charge in [0.2, 0.25) is 5.91 Å². The van der Waals surface area contributed by atoms with Gasteiger partial charge in [-0.3, -0.25) is 9.59 Å². The first-order valence-corrected chi connectivity index (χ1v) is 9.84. The first-order valence-electron chi connectivity index (χ1n) is 8.96. The summed E-state index contributed by atoms with van der Waals surface area (Å²) >= 11 is 1.43. The molecule has 0 atom stereocenters. The topological polar surface area (TPSA) is 71.5 Å². The molecule has 142 valence electrons. The zero-order valence-corrected chi connectivity index (χ0v) is 16.2. The van der Waals surface area contributed by atoms with Crippen molar-refractivity contribution in [3.63, 3.8) is 0 Å². The van der Waals surface area contributed by atoms with E-state index in [1.165, 1.54) is 11.3 Å². The lowest BCUT2D eigenvalue weighted by Gasteiger charge is -2.20. The second-order valence-electron chi connectivity index (χ2n) is 6.39. The number of hydrogen-bond donors (Lipinski definition) is 1. The van der Waals surface area contributed by atoms with E-state index < -0.39 is 0 Å². The molecule has 7 heteroatoms. The summed E-state index contributed by atoms with van der Waals surface area (Å²) in [5.74, 6) is 0.379. The lowest BCUT2D eigenvalue weighted by atomic mass is 10.2. The molecule has 0 saturated carbocycles. The highest BCUT2D eigenvalue weighted by Crippen LogP contribution is 2.34. The minimum absolute atomic E-state index is 0.0637. The van der Waals surface area contributed by atoms with Crippen molar-refractivity contribution in [1.29, 1.82) is 0 Å². The third-order valence-corrected chi connectivity index (χ3v) is 5.45.